The average Bonchev–Trinajstić information content (AvgIpc) is 3.16. The normalized spacial score (nSPS) is 20.2. The number of aromatic nitrogens is 3. The summed E-state index contributed by atoms with van der Waals surface area (Å²) < 4.78 is 17.2. The zero-order valence-electron chi connectivity index (χ0n) is 16.1. The Morgan fingerprint density at radius 1 is 1.07 bits per heavy atom. The zero-order valence-corrected chi connectivity index (χ0v) is 16.1. The van der Waals surface area contributed by atoms with Gasteiger partial charge in [0, 0.05) is 31.9 Å². The number of hydrogen-bond acceptors (Lipinski definition) is 7. The molecule has 0 spiro atoms. The fraction of sp³-hybridized carbons (Fsp3) is 0.381. The molecule has 0 aliphatic carbocycles. The zero-order chi connectivity index (χ0) is 19.3. The first kappa shape index (κ1) is 18.6. The summed E-state index contributed by atoms with van der Waals surface area (Å²) in [5.74, 6) is 2.03. The van der Waals surface area contributed by atoms with Crippen LogP contribution in [0.3, 0.4) is 0 Å². The molecular weight excluding hydrogens is 356 g/mol. The first-order valence-electron chi connectivity index (χ1n) is 9.43. The largest absolute Gasteiger partial charge is 0.489 e. The molecule has 0 amide bonds. The van der Waals surface area contributed by atoms with Crippen molar-refractivity contribution in [3.8, 4) is 5.75 Å². The standard InChI is InChI=1S/C21H24N4O3/c1-15-12-25(2)13-19(27-15)21-23-20(24-28-21)11-16-3-5-18(6-4-16)26-14-17-7-9-22-10-8-17/h3-10,15,19H,11-14H2,1-2H3/t15-,19-/m1/s1. The van der Waals surface area contributed by atoms with Gasteiger partial charge in [0.1, 0.15) is 18.5 Å². The van der Waals surface area contributed by atoms with Crippen LogP contribution in [0.4, 0.5) is 0 Å². The maximum Gasteiger partial charge on any atom is 0.257 e. The lowest BCUT2D eigenvalue weighted by molar-refractivity contribution is -0.0838. The first-order valence-corrected chi connectivity index (χ1v) is 9.43. The van der Waals surface area contributed by atoms with Crippen LogP contribution in [0.1, 0.15) is 35.9 Å². The summed E-state index contributed by atoms with van der Waals surface area (Å²) in [4.78, 5) is 10.8. The monoisotopic (exact) mass is 380 g/mol. The molecule has 28 heavy (non-hydrogen) atoms. The van der Waals surface area contributed by atoms with Gasteiger partial charge in [-0.2, -0.15) is 4.98 Å². The smallest absolute Gasteiger partial charge is 0.257 e. The van der Waals surface area contributed by atoms with E-state index in [0.29, 0.717) is 24.7 Å². The van der Waals surface area contributed by atoms with Gasteiger partial charge in [0.15, 0.2) is 5.82 Å². The predicted octanol–water partition coefficient (Wildman–Crippen LogP) is 3.03. The molecule has 7 nitrogen and oxygen atoms in total. The van der Waals surface area contributed by atoms with Crippen LogP contribution in [-0.2, 0) is 17.8 Å². The summed E-state index contributed by atoms with van der Waals surface area (Å²) in [5, 5.41) is 4.11. The topological polar surface area (TPSA) is 73.5 Å². The molecule has 146 valence electrons. The Bertz CT molecular complexity index is 872. The summed E-state index contributed by atoms with van der Waals surface area (Å²) in [6, 6.07) is 11.8. The molecule has 4 rings (SSSR count). The van der Waals surface area contributed by atoms with Gasteiger partial charge in [-0.1, -0.05) is 17.3 Å². The maximum atomic E-state index is 5.93. The number of benzene rings is 1. The van der Waals surface area contributed by atoms with Crippen molar-refractivity contribution in [2.45, 2.75) is 32.2 Å². The van der Waals surface area contributed by atoms with Gasteiger partial charge in [-0.15, -0.1) is 0 Å². The van der Waals surface area contributed by atoms with Crippen LogP contribution < -0.4 is 4.74 Å². The molecule has 0 radical (unpaired) electrons. The van der Waals surface area contributed by atoms with Crippen molar-refractivity contribution >= 4 is 0 Å². The van der Waals surface area contributed by atoms with E-state index in [1.54, 1.807) is 12.4 Å². The van der Waals surface area contributed by atoms with Crippen molar-refractivity contribution in [2.75, 3.05) is 20.1 Å². The van der Waals surface area contributed by atoms with E-state index in [-0.39, 0.29) is 12.2 Å². The Morgan fingerprint density at radius 3 is 2.61 bits per heavy atom. The van der Waals surface area contributed by atoms with E-state index in [0.717, 1.165) is 30.0 Å². The molecule has 0 bridgehead atoms. The van der Waals surface area contributed by atoms with Gasteiger partial charge in [-0.05, 0) is 49.4 Å². The van der Waals surface area contributed by atoms with Gasteiger partial charge in [0.05, 0.1) is 6.10 Å². The first-order chi connectivity index (χ1) is 13.7. The van der Waals surface area contributed by atoms with Gasteiger partial charge in [-0.25, -0.2) is 0 Å². The molecule has 2 aromatic heterocycles. The number of nitrogens with zero attached hydrogens (tertiary/aromatic N) is 4. The van der Waals surface area contributed by atoms with Gasteiger partial charge in [-0.3, -0.25) is 4.98 Å². The highest BCUT2D eigenvalue weighted by atomic mass is 16.5. The molecule has 1 aliphatic heterocycles. The molecule has 7 heteroatoms. The quantitative estimate of drug-likeness (QED) is 0.651. The molecule has 3 aromatic rings. The Hall–Kier alpha value is -2.77. The lowest BCUT2D eigenvalue weighted by Gasteiger charge is -2.32. The van der Waals surface area contributed by atoms with Crippen LogP contribution in [0, 0.1) is 0 Å². The van der Waals surface area contributed by atoms with Crippen molar-refractivity contribution in [1.82, 2.24) is 20.0 Å². The predicted molar refractivity (Wildman–Crippen MR) is 103 cm³/mol. The average molecular weight is 380 g/mol. The second-order valence-corrected chi connectivity index (χ2v) is 7.17. The molecule has 1 saturated heterocycles. The minimum absolute atomic E-state index is 0.152. The second kappa shape index (κ2) is 8.50. The number of likely N-dealkylation sites (N-methyl/N-ethyl adjacent to an activating group) is 1. The molecule has 2 atom stereocenters. The minimum Gasteiger partial charge on any atom is -0.489 e. The SMILES string of the molecule is C[C@@H]1CN(C)C[C@H](c2nc(Cc3ccc(OCc4ccncc4)cc3)no2)O1. The maximum absolute atomic E-state index is 5.93. The van der Waals surface area contributed by atoms with E-state index < -0.39 is 0 Å². The fourth-order valence-electron chi connectivity index (χ4n) is 3.30. The van der Waals surface area contributed by atoms with E-state index in [4.69, 9.17) is 14.0 Å². The van der Waals surface area contributed by atoms with Crippen LogP contribution >= 0.6 is 0 Å². The fourth-order valence-corrected chi connectivity index (χ4v) is 3.30. The van der Waals surface area contributed by atoms with Crippen LogP contribution in [-0.4, -0.2) is 46.3 Å². The highest BCUT2D eigenvalue weighted by Gasteiger charge is 2.28. The Balaban J connectivity index is 1.34. The van der Waals surface area contributed by atoms with E-state index in [9.17, 15) is 0 Å². The van der Waals surface area contributed by atoms with Crippen LogP contribution in [0.25, 0.3) is 0 Å². The Kier molecular flexibility index (Phi) is 5.64. The summed E-state index contributed by atoms with van der Waals surface area (Å²) in [6.45, 7) is 4.24. The minimum atomic E-state index is -0.168. The highest BCUT2D eigenvalue weighted by Crippen LogP contribution is 2.23. The third-order valence-electron chi connectivity index (χ3n) is 4.64. The molecule has 0 saturated carbocycles. The van der Waals surface area contributed by atoms with Crippen molar-refractivity contribution in [1.29, 1.82) is 0 Å². The van der Waals surface area contributed by atoms with Crippen molar-refractivity contribution in [3.63, 3.8) is 0 Å². The van der Waals surface area contributed by atoms with Gasteiger partial charge in [0.2, 0.25) is 0 Å². The lowest BCUT2D eigenvalue weighted by Crippen LogP contribution is -2.40. The number of morpholine rings is 1. The third-order valence-corrected chi connectivity index (χ3v) is 4.64. The van der Waals surface area contributed by atoms with E-state index >= 15 is 0 Å². The Morgan fingerprint density at radius 2 is 1.86 bits per heavy atom. The number of hydrogen-bond donors (Lipinski definition) is 0. The van der Waals surface area contributed by atoms with Crippen molar-refractivity contribution in [2.24, 2.45) is 0 Å². The van der Waals surface area contributed by atoms with E-state index in [1.165, 1.54) is 0 Å². The van der Waals surface area contributed by atoms with Gasteiger partial charge < -0.3 is 18.9 Å². The van der Waals surface area contributed by atoms with Crippen LogP contribution in [0.5, 0.6) is 5.75 Å². The third kappa shape index (κ3) is 4.74. The van der Waals surface area contributed by atoms with Crippen molar-refractivity contribution in [3.05, 3.63) is 71.6 Å². The molecule has 0 N–H and O–H groups in total. The van der Waals surface area contributed by atoms with Crippen LogP contribution in [0.15, 0.2) is 53.3 Å². The molecule has 1 aromatic carbocycles. The summed E-state index contributed by atoms with van der Waals surface area (Å²) in [6.07, 6.45) is 4.11. The molecule has 0 unspecified atom stereocenters. The molecular formula is C21H24N4O3. The second-order valence-electron chi connectivity index (χ2n) is 7.17. The van der Waals surface area contributed by atoms with Crippen LogP contribution in [0.2, 0.25) is 0 Å². The molecule has 1 aliphatic rings. The number of ether oxygens (including phenoxy) is 2. The van der Waals surface area contributed by atoms with Crippen molar-refractivity contribution < 1.29 is 14.0 Å². The van der Waals surface area contributed by atoms with E-state index in [1.807, 2.05) is 36.4 Å². The molecule has 3 heterocycles. The number of pyridine rings is 1. The van der Waals surface area contributed by atoms with E-state index in [2.05, 4.69) is 34.0 Å². The lowest BCUT2D eigenvalue weighted by atomic mass is 10.1. The summed E-state index contributed by atoms with van der Waals surface area (Å²) >= 11 is 0. The Labute approximate surface area is 164 Å². The highest BCUT2D eigenvalue weighted by molar-refractivity contribution is 5.29. The summed E-state index contributed by atoms with van der Waals surface area (Å²) in [7, 11) is 2.07. The van der Waals surface area contributed by atoms with Gasteiger partial charge in [0.25, 0.3) is 5.89 Å². The summed E-state index contributed by atoms with van der Waals surface area (Å²) in [5.41, 5.74) is 2.18. The molecule has 1 fully saturated rings. The van der Waals surface area contributed by atoms with Gasteiger partial charge >= 0.3 is 0 Å². The number of rotatable bonds is 6.